The van der Waals surface area contributed by atoms with Gasteiger partial charge < -0.3 is 9.84 Å². The number of para-hydroxylation sites is 1. The molecule has 0 radical (unpaired) electrons. The fourth-order valence-electron chi connectivity index (χ4n) is 2.29. The minimum absolute atomic E-state index is 0.0214. The van der Waals surface area contributed by atoms with Gasteiger partial charge >= 0.3 is 0 Å². The first-order chi connectivity index (χ1) is 9.59. The minimum atomic E-state index is -0.577. The maximum atomic E-state index is 10.7. The lowest BCUT2D eigenvalue weighted by atomic mass is 9.90. The van der Waals surface area contributed by atoms with Crippen molar-refractivity contribution in [3.63, 3.8) is 0 Å². The van der Waals surface area contributed by atoms with E-state index in [1.165, 1.54) is 0 Å². The number of aliphatic hydroxyl groups excluding tert-OH is 1. The van der Waals surface area contributed by atoms with Crippen molar-refractivity contribution in [1.29, 1.82) is 0 Å². The average molecular weight is 270 g/mol. The van der Waals surface area contributed by atoms with Crippen molar-refractivity contribution in [2.75, 3.05) is 0 Å². The van der Waals surface area contributed by atoms with Gasteiger partial charge in [0.1, 0.15) is 5.75 Å². The van der Waals surface area contributed by atoms with E-state index < -0.39 is 6.10 Å². The van der Waals surface area contributed by atoms with E-state index >= 15 is 0 Å². The van der Waals surface area contributed by atoms with E-state index in [1.807, 2.05) is 75.4 Å². The third kappa shape index (κ3) is 3.40. The smallest absolute Gasteiger partial charge is 0.125 e. The molecule has 2 atom stereocenters. The lowest BCUT2D eigenvalue weighted by Gasteiger charge is -2.23. The van der Waals surface area contributed by atoms with Crippen LogP contribution >= 0.6 is 0 Å². The van der Waals surface area contributed by atoms with Crippen molar-refractivity contribution in [1.82, 2.24) is 0 Å². The van der Waals surface area contributed by atoms with Crippen LogP contribution in [0.2, 0.25) is 0 Å². The van der Waals surface area contributed by atoms with Gasteiger partial charge in [-0.2, -0.15) is 0 Å². The molecule has 2 rings (SSSR count). The van der Waals surface area contributed by atoms with Gasteiger partial charge in [0, 0.05) is 11.5 Å². The Kier molecular flexibility index (Phi) is 4.80. The Balaban J connectivity index is 2.27. The Bertz CT molecular complexity index is 534. The quantitative estimate of drug-likeness (QED) is 0.877. The second kappa shape index (κ2) is 6.58. The summed E-state index contributed by atoms with van der Waals surface area (Å²) in [4.78, 5) is 0. The molecule has 1 N–H and O–H groups in total. The van der Waals surface area contributed by atoms with Crippen LogP contribution in [0.5, 0.6) is 5.75 Å². The van der Waals surface area contributed by atoms with E-state index in [0.29, 0.717) is 0 Å². The van der Waals surface area contributed by atoms with Gasteiger partial charge in [-0.05, 0) is 25.5 Å². The van der Waals surface area contributed by atoms with Gasteiger partial charge in [0.15, 0.2) is 0 Å². The van der Waals surface area contributed by atoms with E-state index in [2.05, 4.69) is 0 Å². The predicted octanol–water partition coefficient (Wildman–Crippen LogP) is 4.31. The highest BCUT2D eigenvalue weighted by molar-refractivity contribution is 5.37. The number of rotatable bonds is 5. The molecule has 0 aliphatic rings. The first kappa shape index (κ1) is 14.6. The highest BCUT2D eigenvalue weighted by Crippen LogP contribution is 2.35. The van der Waals surface area contributed by atoms with Crippen LogP contribution in [0.15, 0.2) is 54.6 Å². The van der Waals surface area contributed by atoms with E-state index in [4.69, 9.17) is 4.74 Å². The SMILES string of the molecule is CC(C)Oc1ccccc1C(O)C(C)c1ccccc1. The maximum absolute atomic E-state index is 10.7. The Labute approximate surface area is 121 Å². The number of hydrogen-bond donors (Lipinski definition) is 1. The molecule has 0 saturated heterocycles. The third-order valence-electron chi connectivity index (χ3n) is 3.40. The van der Waals surface area contributed by atoms with Crippen molar-refractivity contribution in [3.8, 4) is 5.75 Å². The highest BCUT2D eigenvalue weighted by atomic mass is 16.5. The standard InChI is InChI=1S/C18H22O2/c1-13(2)20-17-12-8-7-11-16(17)18(19)14(3)15-9-5-4-6-10-15/h4-14,18-19H,1-3H3. The zero-order chi connectivity index (χ0) is 14.5. The highest BCUT2D eigenvalue weighted by Gasteiger charge is 2.21. The van der Waals surface area contributed by atoms with E-state index in [9.17, 15) is 5.11 Å². The molecule has 0 aromatic heterocycles. The fourth-order valence-corrected chi connectivity index (χ4v) is 2.29. The molecule has 0 amide bonds. The molecule has 2 aromatic rings. The van der Waals surface area contributed by atoms with Gasteiger partial charge in [-0.15, -0.1) is 0 Å². The summed E-state index contributed by atoms with van der Waals surface area (Å²) in [7, 11) is 0. The van der Waals surface area contributed by atoms with Crippen LogP contribution in [0.1, 0.15) is 43.9 Å². The third-order valence-corrected chi connectivity index (χ3v) is 3.40. The monoisotopic (exact) mass is 270 g/mol. The predicted molar refractivity (Wildman–Crippen MR) is 82.0 cm³/mol. The van der Waals surface area contributed by atoms with Gasteiger partial charge in [-0.25, -0.2) is 0 Å². The summed E-state index contributed by atoms with van der Waals surface area (Å²) in [6.45, 7) is 6.01. The van der Waals surface area contributed by atoms with Crippen molar-refractivity contribution in [2.45, 2.75) is 38.9 Å². The largest absolute Gasteiger partial charge is 0.491 e. The molecule has 0 bridgehead atoms. The van der Waals surface area contributed by atoms with Crippen LogP contribution in [0, 0.1) is 0 Å². The molecule has 0 fully saturated rings. The molecule has 2 heteroatoms. The molecule has 0 aliphatic carbocycles. The average Bonchev–Trinajstić information content (AvgIpc) is 2.46. The second-order valence-corrected chi connectivity index (χ2v) is 5.35. The van der Waals surface area contributed by atoms with Crippen LogP contribution in [-0.4, -0.2) is 11.2 Å². The summed E-state index contributed by atoms with van der Waals surface area (Å²) in [6, 6.07) is 17.8. The molecule has 0 heterocycles. The normalized spacial score (nSPS) is 14.1. The van der Waals surface area contributed by atoms with E-state index in [1.54, 1.807) is 0 Å². The molecule has 2 nitrogen and oxygen atoms in total. The summed E-state index contributed by atoms with van der Waals surface area (Å²) >= 11 is 0. The Morgan fingerprint density at radius 1 is 0.850 bits per heavy atom. The molecule has 0 spiro atoms. The van der Waals surface area contributed by atoms with Crippen LogP contribution in [-0.2, 0) is 0 Å². The molecule has 0 saturated carbocycles. The van der Waals surface area contributed by atoms with Crippen LogP contribution in [0.3, 0.4) is 0 Å². The Morgan fingerprint density at radius 3 is 2.10 bits per heavy atom. The van der Waals surface area contributed by atoms with Crippen LogP contribution in [0.4, 0.5) is 0 Å². The van der Waals surface area contributed by atoms with Crippen LogP contribution < -0.4 is 4.74 Å². The summed E-state index contributed by atoms with van der Waals surface area (Å²) in [5.41, 5.74) is 1.97. The Morgan fingerprint density at radius 2 is 1.45 bits per heavy atom. The summed E-state index contributed by atoms with van der Waals surface area (Å²) in [5.74, 6) is 0.783. The summed E-state index contributed by atoms with van der Waals surface area (Å²) in [6.07, 6.45) is -0.484. The van der Waals surface area contributed by atoms with Gasteiger partial charge in [0.25, 0.3) is 0 Å². The molecule has 106 valence electrons. The molecule has 20 heavy (non-hydrogen) atoms. The van der Waals surface area contributed by atoms with Crippen molar-refractivity contribution < 1.29 is 9.84 Å². The molecule has 2 aromatic carbocycles. The zero-order valence-electron chi connectivity index (χ0n) is 12.3. The second-order valence-electron chi connectivity index (χ2n) is 5.35. The molecular weight excluding hydrogens is 248 g/mol. The number of aliphatic hydroxyl groups is 1. The van der Waals surface area contributed by atoms with E-state index in [0.717, 1.165) is 16.9 Å². The van der Waals surface area contributed by atoms with Gasteiger partial charge in [0.05, 0.1) is 12.2 Å². The van der Waals surface area contributed by atoms with Crippen molar-refractivity contribution in [3.05, 3.63) is 65.7 Å². The number of benzene rings is 2. The summed E-state index contributed by atoms with van der Waals surface area (Å²) in [5, 5.41) is 10.7. The van der Waals surface area contributed by atoms with Gasteiger partial charge in [-0.1, -0.05) is 55.5 Å². The number of ether oxygens (including phenoxy) is 1. The Hall–Kier alpha value is -1.80. The molecule has 0 aliphatic heterocycles. The first-order valence-corrected chi connectivity index (χ1v) is 7.08. The number of hydrogen-bond acceptors (Lipinski definition) is 2. The first-order valence-electron chi connectivity index (χ1n) is 7.08. The lowest BCUT2D eigenvalue weighted by molar-refractivity contribution is 0.142. The van der Waals surface area contributed by atoms with Crippen molar-refractivity contribution >= 4 is 0 Å². The fraction of sp³-hybridized carbons (Fsp3) is 0.333. The van der Waals surface area contributed by atoms with Gasteiger partial charge in [0.2, 0.25) is 0 Å². The zero-order valence-corrected chi connectivity index (χ0v) is 12.3. The summed E-state index contributed by atoms with van der Waals surface area (Å²) < 4.78 is 5.79. The lowest BCUT2D eigenvalue weighted by Crippen LogP contribution is -2.12. The maximum Gasteiger partial charge on any atom is 0.125 e. The van der Waals surface area contributed by atoms with Gasteiger partial charge in [-0.3, -0.25) is 0 Å². The molecule has 2 unspecified atom stereocenters. The topological polar surface area (TPSA) is 29.5 Å². The minimum Gasteiger partial charge on any atom is -0.491 e. The van der Waals surface area contributed by atoms with E-state index in [-0.39, 0.29) is 12.0 Å². The van der Waals surface area contributed by atoms with Crippen molar-refractivity contribution in [2.24, 2.45) is 0 Å². The van der Waals surface area contributed by atoms with Crippen LogP contribution in [0.25, 0.3) is 0 Å². The molecular formula is C18H22O2.